The van der Waals surface area contributed by atoms with Crippen molar-refractivity contribution in [2.75, 3.05) is 11.5 Å². The molecular formula is C27H25NO3S. The van der Waals surface area contributed by atoms with Crippen LogP contribution >= 0.6 is 11.8 Å². The van der Waals surface area contributed by atoms with E-state index in [9.17, 15) is 9.59 Å². The van der Waals surface area contributed by atoms with Crippen molar-refractivity contribution < 1.29 is 14.3 Å². The minimum Gasteiger partial charge on any atom is -0.494 e. The van der Waals surface area contributed by atoms with Gasteiger partial charge in [0.2, 0.25) is 0 Å². The third-order valence-electron chi connectivity index (χ3n) is 5.23. The molecule has 2 amide bonds. The molecule has 3 aromatic rings. The van der Waals surface area contributed by atoms with E-state index < -0.39 is 0 Å². The molecule has 0 saturated heterocycles. The Kier molecular flexibility index (Phi) is 6.47. The molecule has 0 spiro atoms. The molecule has 162 valence electrons. The van der Waals surface area contributed by atoms with E-state index in [0.29, 0.717) is 28.3 Å². The highest BCUT2D eigenvalue weighted by Gasteiger charge is 2.41. The minimum absolute atomic E-state index is 0.293. The van der Waals surface area contributed by atoms with Crippen LogP contribution in [0.2, 0.25) is 0 Å². The van der Waals surface area contributed by atoms with Gasteiger partial charge in [0.25, 0.3) is 11.8 Å². The van der Waals surface area contributed by atoms with Gasteiger partial charge in [-0.3, -0.25) is 9.59 Å². The number of hydrogen-bond donors (Lipinski definition) is 0. The van der Waals surface area contributed by atoms with E-state index in [1.54, 1.807) is 0 Å². The van der Waals surface area contributed by atoms with Crippen LogP contribution in [-0.4, -0.2) is 18.4 Å². The van der Waals surface area contributed by atoms with Crippen molar-refractivity contribution in [3.8, 4) is 5.75 Å². The van der Waals surface area contributed by atoms with E-state index >= 15 is 0 Å². The number of hydrogen-bond acceptors (Lipinski definition) is 4. The lowest BCUT2D eigenvalue weighted by molar-refractivity contribution is -0.119. The molecule has 1 heterocycles. The fourth-order valence-corrected chi connectivity index (χ4v) is 4.60. The van der Waals surface area contributed by atoms with Crippen molar-refractivity contribution in [1.29, 1.82) is 0 Å². The van der Waals surface area contributed by atoms with Crippen LogP contribution in [0.3, 0.4) is 0 Å². The molecule has 0 radical (unpaired) electrons. The van der Waals surface area contributed by atoms with Gasteiger partial charge < -0.3 is 4.74 Å². The number of carbonyl (C=O) groups is 2. The molecule has 1 aliphatic heterocycles. The Hall–Kier alpha value is -3.31. The predicted octanol–water partition coefficient (Wildman–Crippen LogP) is 6.17. The van der Waals surface area contributed by atoms with Crippen LogP contribution in [0.1, 0.15) is 30.0 Å². The van der Waals surface area contributed by atoms with Gasteiger partial charge in [0.15, 0.2) is 0 Å². The predicted molar refractivity (Wildman–Crippen MR) is 130 cm³/mol. The maximum absolute atomic E-state index is 13.6. The van der Waals surface area contributed by atoms with Crippen molar-refractivity contribution in [3.05, 3.63) is 94.4 Å². The molecule has 0 aromatic heterocycles. The minimum atomic E-state index is -0.302. The molecule has 3 aromatic carbocycles. The zero-order chi connectivity index (χ0) is 22.7. The second kappa shape index (κ2) is 9.45. The van der Waals surface area contributed by atoms with Gasteiger partial charge in [-0.05, 0) is 67.3 Å². The molecule has 1 aliphatic rings. The Bertz CT molecular complexity index is 1180. The van der Waals surface area contributed by atoms with Crippen LogP contribution in [0.25, 0.3) is 5.57 Å². The Balaban J connectivity index is 1.78. The zero-order valence-corrected chi connectivity index (χ0v) is 19.2. The lowest BCUT2D eigenvalue weighted by Gasteiger charge is -2.18. The van der Waals surface area contributed by atoms with Crippen LogP contribution in [0.5, 0.6) is 5.75 Å². The highest BCUT2D eigenvalue weighted by atomic mass is 32.2. The largest absolute Gasteiger partial charge is 0.494 e. The van der Waals surface area contributed by atoms with Crippen molar-refractivity contribution in [2.24, 2.45) is 0 Å². The van der Waals surface area contributed by atoms with E-state index in [0.717, 1.165) is 28.2 Å². The summed E-state index contributed by atoms with van der Waals surface area (Å²) in [5.41, 5.74) is 3.63. The first-order chi connectivity index (χ1) is 15.5. The van der Waals surface area contributed by atoms with E-state index in [1.807, 2.05) is 86.6 Å². The summed E-state index contributed by atoms with van der Waals surface area (Å²) in [6, 6.07) is 22.9. The number of amides is 2. The van der Waals surface area contributed by atoms with Crippen LogP contribution in [-0.2, 0) is 9.59 Å². The average Bonchev–Trinajstić information content (AvgIpc) is 3.04. The highest BCUT2D eigenvalue weighted by molar-refractivity contribution is 8.04. The Morgan fingerprint density at radius 3 is 2.28 bits per heavy atom. The van der Waals surface area contributed by atoms with Crippen LogP contribution < -0.4 is 9.64 Å². The average molecular weight is 444 g/mol. The quantitative estimate of drug-likeness (QED) is 0.410. The molecule has 4 nitrogen and oxygen atoms in total. The molecule has 0 bridgehead atoms. The lowest BCUT2D eigenvalue weighted by Crippen LogP contribution is -2.32. The number of anilines is 1. The molecule has 0 saturated carbocycles. The molecule has 4 rings (SSSR count). The third-order valence-corrected chi connectivity index (χ3v) is 6.32. The first kappa shape index (κ1) is 21.9. The van der Waals surface area contributed by atoms with Crippen LogP contribution in [0, 0.1) is 13.8 Å². The number of ether oxygens (including phenoxy) is 1. The number of carbonyl (C=O) groups excluding carboxylic acids is 2. The van der Waals surface area contributed by atoms with Gasteiger partial charge in [-0.25, -0.2) is 4.90 Å². The Morgan fingerprint density at radius 2 is 1.59 bits per heavy atom. The van der Waals surface area contributed by atoms with Crippen LogP contribution in [0.4, 0.5) is 5.69 Å². The van der Waals surface area contributed by atoms with Gasteiger partial charge in [-0.2, -0.15) is 0 Å². The smallest absolute Gasteiger partial charge is 0.272 e. The van der Waals surface area contributed by atoms with Crippen molar-refractivity contribution in [3.63, 3.8) is 0 Å². The van der Waals surface area contributed by atoms with Gasteiger partial charge in [-0.1, -0.05) is 61.2 Å². The molecule has 5 heteroatoms. The van der Waals surface area contributed by atoms with Crippen molar-refractivity contribution in [1.82, 2.24) is 0 Å². The topological polar surface area (TPSA) is 46.6 Å². The summed E-state index contributed by atoms with van der Waals surface area (Å²) in [4.78, 5) is 29.9. The number of rotatable bonds is 7. The number of benzene rings is 3. The molecular weight excluding hydrogens is 418 g/mol. The zero-order valence-electron chi connectivity index (χ0n) is 18.4. The molecule has 0 aliphatic carbocycles. The van der Waals surface area contributed by atoms with Gasteiger partial charge in [0, 0.05) is 4.90 Å². The number of aryl methyl sites for hydroxylation is 2. The second-order valence-electron chi connectivity index (χ2n) is 7.73. The summed E-state index contributed by atoms with van der Waals surface area (Å²) in [7, 11) is 0. The molecule has 0 N–H and O–H groups in total. The summed E-state index contributed by atoms with van der Waals surface area (Å²) < 4.78 is 5.68. The van der Waals surface area contributed by atoms with E-state index in [-0.39, 0.29) is 11.8 Å². The fourth-order valence-electron chi connectivity index (χ4n) is 3.58. The molecule has 32 heavy (non-hydrogen) atoms. The van der Waals surface area contributed by atoms with Crippen LogP contribution in [0.15, 0.2) is 82.6 Å². The lowest BCUT2D eigenvalue weighted by atomic mass is 10.1. The number of imide groups is 1. The number of nitrogens with zero attached hydrogens (tertiary/aromatic N) is 1. The summed E-state index contributed by atoms with van der Waals surface area (Å²) in [6.07, 6.45) is 0.919. The maximum Gasteiger partial charge on any atom is 0.272 e. The highest BCUT2D eigenvalue weighted by Crippen LogP contribution is 2.42. The van der Waals surface area contributed by atoms with E-state index in [2.05, 4.69) is 6.92 Å². The first-order valence-corrected chi connectivity index (χ1v) is 11.5. The van der Waals surface area contributed by atoms with E-state index in [1.165, 1.54) is 16.7 Å². The van der Waals surface area contributed by atoms with Gasteiger partial charge >= 0.3 is 0 Å². The van der Waals surface area contributed by atoms with Crippen molar-refractivity contribution in [2.45, 2.75) is 32.1 Å². The molecule has 0 unspecified atom stereocenters. The second-order valence-corrected chi connectivity index (χ2v) is 8.81. The summed E-state index contributed by atoms with van der Waals surface area (Å²) >= 11 is 1.33. The SMILES string of the molecule is CCCOc1ccc(C2=C(Sc3ccccc3)C(=O)N(c3cc(C)ccc3C)C2=O)cc1. The van der Waals surface area contributed by atoms with Gasteiger partial charge in [-0.15, -0.1) is 0 Å². The normalized spacial score (nSPS) is 13.8. The monoisotopic (exact) mass is 443 g/mol. The Labute approximate surface area is 192 Å². The van der Waals surface area contributed by atoms with Gasteiger partial charge in [0.05, 0.1) is 22.8 Å². The maximum atomic E-state index is 13.6. The third kappa shape index (κ3) is 4.34. The molecule has 0 fully saturated rings. The fraction of sp³-hybridized carbons (Fsp3) is 0.185. The standard InChI is InChI=1S/C27H25NO3S/c1-4-16-31-21-14-12-20(13-15-21)24-25(32-22-8-6-5-7-9-22)27(30)28(26(24)29)23-17-18(2)10-11-19(23)3/h5-15,17H,4,16H2,1-3H3. The Morgan fingerprint density at radius 1 is 0.875 bits per heavy atom. The summed E-state index contributed by atoms with van der Waals surface area (Å²) in [6.45, 7) is 6.56. The number of thioether (sulfide) groups is 1. The molecule has 0 atom stereocenters. The van der Waals surface area contributed by atoms with Crippen molar-refractivity contribution >= 4 is 34.8 Å². The first-order valence-electron chi connectivity index (χ1n) is 10.7. The summed E-state index contributed by atoms with van der Waals surface area (Å²) in [5.74, 6) is 0.153. The van der Waals surface area contributed by atoms with E-state index in [4.69, 9.17) is 4.74 Å². The van der Waals surface area contributed by atoms with Gasteiger partial charge in [0.1, 0.15) is 5.75 Å². The summed E-state index contributed by atoms with van der Waals surface area (Å²) in [5, 5.41) is 0.